The summed E-state index contributed by atoms with van der Waals surface area (Å²) in [4.78, 5) is 43.1. The number of carboxylic acid groups (broad SMARTS) is 2. The second kappa shape index (κ2) is 10.9. The fraction of sp³-hybridized carbons (Fsp3) is 0.474. The first-order valence-corrected chi connectivity index (χ1v) is 8.55. The van der Waals surface area contributed by atoms with Gasteiger partial charge in [0.15, 0.2) is 0 Å². The largest absolute Gasteiger partial charge is 0.481 e. The summed E-state index contributed by atoms with van der Waals surface area (Å²) in [5, 5.41) is 17.1. The lowest BCUT2D eigenvalue weighted by Crippen LogP contribution is -2.26. The lowest BCUT2D eigenvalue weighted by Gasteiger charge is -2.12. The minimum atomic E-state index is -1.00. The van der Waals surface area contributed by atoms with Gasteiger partial charge in [0, 0.05) is 0 Å². The first-order valence-electron chi connectivity index (χ1n) is 8.55. The molecule has 1 aromatic carbocycles. The van der Waals surface area contributed by atoms with E-state index in [0.717, 1.165) is 12.0 Å². The summed E-state index contributed by atoms with van der Waals surface area (Å²) >= 11 is 0. The fourth-order valence-electron chi connectivity index (χ4n) is 2.74. The van der Waals surface area contributed by atoms with Crippen molar-refractivity contribution < 1.29 is 38.9 Å². The second-order valence-electron chi connectivity index (χ2n) is 6.14. The monoisotopic (exact) mass is 380 g/mol. The van der Waals surface area contributed by atoms with Crippen LogP contribution in [0.25, 0.3) is 0 Å². The number of para-hydroxylation sites is 1. The molecule has 1 aliphatic carbocycles. The molecule has 8 nitrogen and oxygen atoms in total. The third-order valence-electron chi connectivity index (χ3n) is 4.20. The van der Waals surface area contributed by atoms with Gasteiger partial charge in [0.2, 0.25) is 0 Å². The molecule has 27 heavy (non-hydrogen) atoms. The predicted octanol–water partition coefficient (Wildman–Crippen LogP) is 2.43. The van der Waals surface area contributed by atoms with Gasteiger partial charge in [0.05, 0.1) is 31.8 Å². The number of ether oxygens (including phenoxy) is 2. The molecule has 2 atom stereocenters. The summed E-state index contributed by atoms with van der Waals surface area (Å²) in [7, 11) is 1.29. The van der Waals surface area contributed by atoms with Crippen LogP contribution < -0.4 is 4.74 Å². The molecule has 0 bridgehead atoms. The fourth-order valence-corrected chi connectivity index (χ4v) is 2.74. The molecule has 0 aromatic heterocycles. The zero-order valence-electron chi connectivity index (χ0n) is 15.3. The highest BCUT2D eigenvalue weighted by Crippen LogP contribution is 2.32. The van der Waals surface area contributed by atoms with Crippen LogP contribution >= 0.6 is 0 Å². The van der Waals surface area contributed by atoms with Crippen LogP contribution in [0.3, 0.4) is 0 Å². The Hall–Kier alpha value is -2.90. The van der Waals surface area contributed by atoms with Crippen molar-refractivity contribution in [2.45, 2.75) is 39.0 Å². The maximum atomic E-state index is 11.2. The van der Waals surface area contributed by atoms with E-state index in [0.29, 0.717) is 18.6 Å². The number of esters is 2. The molecule has 1 fully saturated rings. The van der Waals surface area contributed by atoms with Crippen LogP contribution in [0.1, 0.15) is 37.7 Å². The molecule has 0 aliphatic heterocycles. The van der Waals surface area contributed by atoms with E-state index < -0.39 is 29.7 Å². The Morgan fingerprint density at radius 3 is 2.22 bits per heavy atom. The van der Waals surface area contributed by atoms with Crippen molar-refractivity contribution in [1.29, 1.82) is 0 Å². The van der Waals surface area contributed by atoms with E-state index in [1.807, 2.05) is 19.1 Å². The number of hydrogen-bond acceptors (Lipinski definition) is 6. The summed E-state index contributed by atoms with van der Waals surface area (Å²) in [5.41, 5.74) is 0.848. The number of rotatable bonds is 6. The van der Waals surface area contributed by atoms with Crippen LogP contribution in [0.4, 0.5) is 0 Å². The van der Waals surface area contributed by atoms with Gasteiger partial charge in [0.25, 0.3) is 0 Å². The van der Waals surface area contributed by atoms with E-state index in [1.54, 1.807) is 12.1 Å². The van der Waals surface area contributed by atoms with Crippen molar-refractivity contribution in [2.75, 3.05) is 7.11 Å². The third kappa shape index (κ3) is 7.47. The van der Waals surface area contributed by atoms with Crippen LogP contribution in [-0.2, 0) is 23.9 Å². The summed E-state index contributed by atoms with van der Waals surface area (Å²) < 4.78 is 9.51. The van der Waals surface area contributed by atoms with Gasteiger partial charge in [-0.05, 0) is 31.4 Å². The zero-order chi connectivity index (χ0) is 20.4. The number of hydrogen-bond donors (Lipinski definition) is 2. The van der Waals surface area contributed by atoms with Crippen molar-refractivity contribution in [1.82, 2.24) is 0 Å². The van der Waals surface area contributed by atoms with Gasteiger partial charge in [-0.25, -0.2) is 0 Å². The Labute approximate surface area is 157 Å². The molecule has 2 N–H and O–H groups in total. The van der Waals surface area contributed by atoms with E-state index in [1.165, 1.54) is 7.11 Å². The number of carbonyl (C=O) groups excluding carboxylic acids is 2. The van der Waals surface area contributed by atoms with Crippen molar-refractivity contribution in [3.05, 3.63) is 29.8 Å². The van der Waals surface area contributed by atoms with E-state index in [2.05, 4.69) is 4.74 Å². The molecule has 0 radical (unpaired) electrons. The highest BCUT2D eigenvalue weighted by atomic mass is 16.5. The van der Waals surface area contributed by atoms with E-state index in [9.17, 15) is 19.2 Å². The predicted molar refractivity (Wildman–Crippen MR) is 94.2 cm³/mol. The van der Waals surface area contributed by atoms with Gasteiger partial charge in [-0.2, -0.15) is 0 Å². The second-order valence-corrected chi connectivity index (χ2v) is 6.14. The highest BCUT2D eigenvalue weighted by Gasteiger charge is 2.38. The Balaban J connectivity index is 0.000000277. The molecule has 1 aliphatic rings. The lowest BCUT2D eigenvalue weighted by molar-refractivity contribution is -0.154. The van der Waals surface area contributed by atoms with Crippen molar-refractivity contribution in [2.24, 2.45) is 11.8 Å². The average molecular weight is 380 g/mol. The zero-order valence-corrected chi connectivity index (χ0v) is 15.3. The van der Waals surface area contributed by atoms with Crippen LogP contribution in [0, 0.1) is 18.8 Å². The maximum Gasteiger partial charge on any atom is 0.311 e. The molecule has 0 heterocycles. The van der Waals surface area contributed by atoms with E-state index in [-0.39, 0.29) is 18.8 Å². The Morgan fingerprint density at radius 1 is 1.04 bits per heavy atom. The van der Waals surface area contributed by atoms with Crippen LogP contribution in [0.2, 0.25) is 0 Å². The Morgan fingerprint density at radius 2 is 1.67 bits per heavy atom. The van der Waals surface area contributed by atoms with Crippen molar-refractivity contribution in [3.63, 3.8) is 0 Å². The number of aryl methyl sites for hydroxylation is 1. The first kappa shape index (κ1) is 22.1. The quantitative estimate of drug-likeness (QED) is 0.569. The number of methoxy groups -OCH3 is 1. The minimum Gasteiger partial charge on any atom is -0.481 e. The molecule has 148 valence electrons. The first-order chi connectivity index (χ1) is 12.8. The lowest BCUT2D eigenvalue weighted by atomic mass is 9.97. The van der Waals surface area contributed by atoms with Gasteiger partial charge in [-0.1, -0.05) is 24.6 Å². The Bertz CT molecular complexity index is 682. The van der Waals surface area contributed by atoms with E-state index >= 15 is 0 Å². The van der Waals surface area contributed by atoms with Gasteiger partial charge in [0.1, 0.15) is 5.75 Å². The molecular weight excluding hydrogens is 356 g/mol. The molecule has 8 heteroatoms. The van der Waals surface area contributed by atoms with Crippen LogP contribution in [0.15, 0.2) is 24.3 Å². The average Bonchev–Trinajstić information content (AvgIpc) is 3.12. The molecule has 0 amide bonds. The number of benzene rings is 1. The number of carboxylic acids is 2. The maximum absolute atomic E-state index is 11.2. The van der Waals surface area contributed by atoms with Gasteiger partial charge < -0.3 is 19.7 Å². The number of carbonyl (C=O) groups is 4. The number of aliphatic carboxylic acids is 2. The summed E-state index contributed by atoms with van der Waals surface area (Å²) in [5.74, 6) is -3.27. The standard InChI is InChI=1S/C11H12O4.C8H12O4/c1-8-4-2-3-5-9(8)15-11(14)7-6-10(12)13;1-12-8(11)6-4-2-3-5(6)7(9)10/h2-5H,6-7H2,1H3,(H,12,13);5-6H,2-4H2,1H3,(H,9,10)/t;5-,6+/m.0/s1. The molecule has 0 unspecified atom stereocenters. The van der Waals surface area contributed by atoms with Gasteiger partial charge in [-0.3, -0.25) is 19.2 Å². The highest BCUT2D eigenvalue weighted by molar-refractivity contribution is 5.81. The third-order valence-corrected chi connectivity index (χ3v) is 4.20. The molecule has 1 saturated carbocycles. The van der Waals surface area contributed by atoms with Crippen molar-refractivity contribution >= 4 is 23.9 Å². The Kier molecular flexibility index (Phi) is 8.98. The molecule has 2 rings (SSSR count). The molecule has 0 spiro atoms. The smallest absolute Gasteiger partial charge is 0.311 e. The van der Waals surface area contributed by atoms with E-state index in [4.69, 9.17) is 14.9 Å². The molecular formula is C19H24O8. The normalized spacial score (nSPS) is 18.0. The van der Waals surface area contributed by atoms with Crippen LogP contribution in [0.5, 0.6) is 5.75 Å². The van der Waals surface area contributed by atoms with Crippen molar-refractivity contribution in [3.8, 4) is 5.75 Å². The topological polar surface area (TPSA) is 127 Å². The van der Waals surface area contributed by atoms with Crippen LogP contribution in [-0.4, -0.2) is 41.2 Å². The van der Waals surface area contributed by atoms with Gasteiger partial charge >= 0.3 is 23.9 Å². The van der Waals surface area contributed by atoms with Gasteiger partial charge in [-0.15, -0.1) is 0 Å². The minimum absolute atomic E-state index is 0.107. The molecule has 0 saturated heterocycles. The summed E-state index contributed by atoms with van der Waals surface area (Å²) in [6.07, 6.45) is 1.73. The molecule has 1 aromatic rings. The summed E-state index contributed by atoms with van der Waals surface area (Å²) in [6, 6.07) is 7.09. The SMILES string of the molecule is COC(=O)[C@@H]1CCC[C@@H]1C(=O)O.Cc1ccccc1OC(=O)CCC(=O)O. The summed E-state index contributed by atoms with van der Waals surface area (Å²) in [6.45, 7) is 1.82.